The van der Waals surface area contributed by atoms with Crippen LogP contribution in [0.2, 0.25) is 0 Å². The number of nitrogens with zero attached hydrogens (tertiary/aromatic N) is 2. The summed E-state index contributed by atoms with van der Waals surface area (Å²) < 4.78 is 11.5. The maximum Gasteiger partial charge on any atom is 0.274 e. The lowest BCUT2D eigenvalue weighted by Crippen LogP contribution is -2.20. The van der Waals surface area contributed by atoms with Crippen LogP contribution in [0.15, 0.2) is 119 Å². The maximum absolute atomic E-state index is 12.3. The fraction of sp³-hybridized carbons (Fsp3) is 0.0588. The molecule has 0 unspecified atom stereocenters. The second-order valence-corrected chi connectivity index (χ2v) is 9.67. The maximum atomic E-state index is 12.3. The van der Waals surface area contributed by atoms with Crippen molar-refractivity contribution in [2.24, 2.45) is 10.2 Å². The number of carbonyl (C=O) groups is 4. The Morgan fingerprint density at radius 2 is 0.896 bits per heavy atom. The number of carbonyl (C=O) groups excluding carboxylic acids is 4. The highest BCUT2D eigenvalue weighted by Gasteiger charge is 2.09. The fourth-order valence-corrected chi connectivity index (χ4v) is 3.93. The second kappa shape index (κ2) is 17.7. The number of amides is 4. The second-order valence-electron chi connectivity index (χ2n) is 9.67. The monoisotopic (exact) mass is 650 g/mol. The SMILES string of the molecule is O=C(NO)c1ccc(C(=O)N/N=C/c2cccc(OC/C=C/COc3cccc(/C=N/NC(=O)c4ccc(C(=O)NO)cc4)c3)c2)cc1. The van der Waals surface area contributed by atoms with Crippen molar-refractivity contribution in [1.29, 1.82) is 0 Å². The van der Waals surface area contributed by atoms with Gasteiger partial charge in [-0.1, -0.05) is 24.3 Å². The van der Waals surface area contributed by atoms with Crippen molar-refractivity contribution in [2.75, 3.05) is 13.2 Å². The lowest BCUT2D eigenvalue weighted by molar-refractivity contribution is 0.0702. The number of nitrogens with one attached hydrogen (secondary N) is 4. The largest absolute Gasteiger partial charge is 0.490 e. The molecule has 14 heteroatoms. The van der Waals surface area contributed by atoms with Crippen molar-refractivity contribution in [3.8, 4) is 11.5 Å². The van der Waals surface area contributed by atoms with E-state index in [4.69, 9.17) is 19.9 Å². The molecular formula is C34H30N6O8. The van der Waals surface area contributed by atoms with Gasteiger partial charge >= 0.3 is 0 Å². The van der Waals surface area contributed by atoms with Crippen LogP contribution in [0.5, 0.6) is 11.5 Å². The fourth-order valence-electron chi connectivity index (χ4n) is 3.93. The van der Waals surface area contributed by atoms with Gasteiger partial charge in [0.1, 0.15) is 24.7 Å². The molecule has 4 amide bonds. The van der Waals surface area contributed by atoms with Gasteiger partial charge in [0.25, 0.3) is 23.6 Å². The Balaban J connectivity index is 1.17. The summed E-state index contributed by atoms with van der Waals surface area (Å²) in [5, 5.41) is 25.3. The minimum Gasteiger partial charge on any atom is -0.490 e. The van der Waals surface area contributed by atoms with E-state index < -0.39 is 23.6 Å². The van der Waals surface area contributed by atoms with E-state index in [2.05, 4.69) is 21.1 Å². The quantitative estimate of drug-likeness (QED) is 0.0516. The first kappa shape index (κ1) is 34.2. The normalized spacial score (nSPS) is 11.0. The summed E-state index contributed by atoms with van der Waals surface area (Å²) >= 11 is 0. The van der Waals surface area contributed by atoms with Crippen LogP contribution in [-0.4, -0.2) is 59.7 Å². The highest BCUT2D eigenvalue weighted by molar-refractivity contribution is 5.98. The standard InChI is InChI=1S/C34H30N6O8/c41-31(25-9-13-27(14-10-25)33(43)39-45)37-35-21-23-5-3-7-29(19-23)47-17-1-2-18-48-30-8-4-6-24(20-30)22-36-38-32(42)26-11-15-28(16-12-26)34(44)40-46/h1-16,19-22,45-46H,17-18H2,(H,37,41)(H,38,42)(H,39,43)(H,40,44)/b2-1+,35-21+,36-22+. The molecule has 0 aromatic heterocycles. The van der Waals surface area contributed by atoms with Crippen molar-refractivity contribution < 1.29 is 39.1 Å². The molecule has 0 aliphatic rings. The minimum atomic E-state index is -0.679. The van der Waals surface area contributed by atoms with Gasteiger partial charge in [-0.3, -0.25) is 29.6 Å². The summed E-state index contributed by atoms with van der Waals surface area (Å²) in [6, 6.07) is 25.6. The van der Waals surface area contributed by atoms with E-state index >= 15 is 0 Å². The third-order valence-corrected chi connectivity index (χ3v) is 6.36. The van der Waals surface area contributed by atoms with Crippen LogP contribution < -0.4 is 31.3 Å². The van der Waals surface area contributed by atoms with Gasteiger partial charge in [-0.15, -0.1) is 0 Å². The molecular weight excluding hydrogens is 620 g/mol. The zero-order valence-electron chi connectivity index (χ0n) is 25.2. The lowest BCUT2D eigenvalue weighted by atomic mass is 10.1. The number of hydrogen-bond acceptors (Lipinski definition) is 10. The van der Waals surface area contributed by atoms with E-state index in [1.54, 1.807) is 60.7 Å². The molecule has 0 atom stereocenters. The Bertz CT molecular complexity index is 1690. The van der Waals surface area contributed by atoms with E-state index in [-0.39, 0.29) is 35.5 Å². The summed E-state index contributed by atoms with van der Waals surface area (Å²) in [6.07, 6.45) is 6.55. The van der Waals surface area contributed by atoms with E-state index in [1.807, 2.05) is 0 Å². The zero-order valence-corrected chi connectivity index (χ0v) is 25.2. The molecule has 0 bridgehead atoms. The minimum absolute atomic E-state index is 0.204. The predicted octanol–water partition coefficient (Wildman–Crippen LogP) is 3.47. The van der Waals surface area contributed by atoms with Gasteiger partial charge in [-0.25, -0.2) is 21.8 Å². The van der Waals surface area contributed by atoms with E-state index in [1.165, 1.54) is 71.9 Å². The van der Waals surface area contributed by atoms with Gasteiger partial charge in [0.2, 0.25) is 0 Å². The van der Waals surface area contributed by atoms with E-state index in [0.717, 1.165) is 0 Å². The number of hydrogen-bond donors (Lipinski definition) is 6. The molecule has 4 rings (SSSR count). The summed E-state index contributed by atoms with van der Waals surface area (Å²) in [5.41, 5.74) is 10.3. The van der Waals surface area contributed by atoms with Crippen LogP contribution >= 0.6 is 0 Å². The first-order valence-corrected chi connectivity index (χ1v) is 14.2. The molecule has 4 aromatic rings. The van der Waals surface area contributed by atoms with Crippen molar-refractivity contribution in [2.45, 2.75) is 0 Å². The summed E-state index contributed by atoms with van der Waals surface area (Å²) in [5.74, 6) is -1.10. The van der Waals surface area contributed by atoms with Crippen LogP contribution in [0.25, 0.3) is 0 Å². The Hall–Kier alpha value is -6.64. The predicted molar refractivity (Wildman–Crippen MR) is 175 cm³/mol. The number of hydrazone groups is 2. The summed E-state index contributed by atoms with van der Waals surface area (Å²) in [7, 11) is 0. The third kappa shape index (κ3) is 10.5. The Labute approximate surface area is 274 Å². The molecule has 0 aliphatic carbocycles. The number of hydroxylamine groups is 2. The topological polar surface area (TPSA) is 200 Å². The van der Waals surface area contributed by atoms with Crippen LogP contribution in [0.1, 0.15) is 52.6 Å². The van der Waals surface area contributed by atoms with Crippen molar-refractivity contribution in [1.82, 2.24) is 21.8 Å². The van der Waals surface area contributed by atoms with E-state index in [9.17, 15) is 19.2 Å². The van der Waals surface area contributed by atoms with Crippen molar-refractivity contribution in [3.05, 3.63) is 143 Å². The summed E-state index contributed by atoms with van der Waals surface area (Å²) in [6.45, 7) is 0.573. The van der Waals surface area contributed by atoms with Gasteiger partial charge in [0.05, 0.1) is 12.4 Å². The Morgan fingerprint density at radius 1 is 0.542 bits per heavy atom. The van der Waals surface area contributed by atoms with Crippen LogP contribution in [0, 0.1) is 0 Å². The first-order valence-electron chi connectivity index (χ1n) is 14.2. The molecule has 0 spiro atoms. The molecule has 0 heterocycles. The molecule has 0 aliphatic heterocycles. The molecule has 6 N–H and O–H groups in total. The molecule has 14 nitrogen and oxygen atoms in total. The summed E-state index contributed by atoms with van der Waals surface area (Å²) in [4.78, 5) is 47.3. The number of ether oxygens (including phenoxy) is 2. The van der Waals surface area contributed by atoms with Gasteiger partial charge in [-0.05, 0) is 96.1 Å². The highest BCUT2D eigenvalue weighted by Crippen LogP contribution is 2.14. The van der Waals surface area contributed by atoms with Gasteiger partial charge < -0.3 is 9.47 Å². The third-order valence-electron chi connectivity index (χ3n) is 6.36. The Morgan fingerprint density at radius 3 is 1.25 bits per heavy atom. The molecule has 0 fully saturated rings. The van der Waals surface area contributed by atoms with Crippen molar-refractivity contribution in [3.63, 3.8) is 0 Å². The average molecular weight is 651 g/mol. The average Bonchev–Trinajstić information content (AvgIpc) is 3.12. The molecule has 48 heavy (non-hydrogen) atoms. The molecule has 0 saturated heterocycles. The molecule has 0 radical (unpaired) electrons. The Kier molecular flexibility index (Phi) is 12.7. The van der Waals surface area contributed by atoms with Crippen LogP contribution in [0.3, 0.4) is 0 Å². The highest BCUT2D eigenvalue weighted by atomic mass is 16.5. The number of benzene rings is 4. The van der Waals surface area contributed by atoms with Gasteiger partial charge in [0, 0.05) is 22.3 Å². The smallest absolute Gasteiger partial charge is 0.274 e. The number of rotatable bonds is 14. The lowest BCUT2D eigenvalue weighted by Gasteiger charge is -2.05. The van der Waals surface area contributed by atoms with E-state index in [0.29, 0.717) is 22.6 Å². The van der Waals surface area contributed by atoms with Crippen molar-refractivity contribution >= 4 is 36.1 Å². The zero-order chi connectivity index (χ0) is 34.1. The molecule has 0 saturated carbocycles. The van der Waals surface area contributed by atoms with Crippen LogP contribution in [0.4, 0.5) is 0 Å². The molecule has 244 valence electrons. The van der Waals surface area contributed by atoms with Gasteiger partial charge in [0.15, 0.2) is 0 Å². The first-order chi connectivity index (χ1) is 23.4. The molecule has 4 aromatic carbocycles. The van der Waals surface area contributed by atoms with Crippen LogP contribution in [-0.2, 0) is 0 Å². The van der Waals surface area contributed by atoms with Gasteiger partial charge in [-0.2, -0.15) is 10.2 Å².